The lowest BCUT2D eigenvalue weighted by atomic mass is 10.0. The highest BCUT2D eigenvalue weighted by Crippen LogP contribution is 2.24. The number of piperazine rings is 1. The van der Waals surface area contributed by atoms with Gasteiger partial charge in [-0.1, -0.05) is 0 Å². The maximum Gasteiger partial charge on any atom is 0.253 e. The van der Waals surface area contributed by atoms with Gasteiger partial charge in [0.15, 0.2) is 0 Å². The smallest absolute Gasteiger partial charge is 0.253 e. The van der Waals surface area contributed by atoms with Gasteiger partial charge in [0.25, 0.3) is 5.91 Å². The van der Waals surface area contributed by atoms with Crippen LogP contribution in [-0.4, -0.2) is 83.4 Å². The third kappa shape index (κ3) is 4.05. The van der Waals surface area contributed by atoms with Crippen LogP contribution < -0.4 is 4.90 Å². The Balaban J connectivity index is 1.37. The Morgan fingerprint density at radius 3 is 2.54 bits per heavy atom. The number of aliphatic hydroxyl groups excluding tert-OH is 1. The molecule has 0 saturated carbocycles. The summed E-state index contributed by atoms with van der Waals surface area (Å²) in [5, 5.41) is 17.6. The Hall–Kier alpha value is -2.38. The summed E-state index contributed by atoms with van der Waals surface area (Å²) in [6.07, 6.45) is 0.169. The molecule has 1 amide bonds. The normalized spacial score (nSPS) is 23.4. The fourth-order valence-electron chi connectivity index (χ4n) is 4.13. The number of amides is 1. The third-order valence-electron chi connectivity index (χ3n) is 5.91. The lowest BCUT2D eigenvalue weighted by molar-refractivity contribution is 0.0764. The van der Waals surface area contributed by atoms with Gasteiger partial charge < -0.3 is 19.8 Å². The van der Waals surface area contributed by atoms with Gasteiger partial charge in [0.1, 0.15) is 0 Å². The van der Waals surface area contributed by atoms with Crippen molar-refractivity contribution in [1.82, 2.24) is 20.0 Å². The molecule has 2 fully saturated rings. The van der Waals surface area contributed by atoms with Crippen LogP contribution in [0.3, 0.4) is 0 Å². The number of aromatic amines is 1. The minimum atomic E-state index is -0.509. The molecule has 28 heavy (non-hydrogen) atoms. The topological polar surface area (TPSA) is 75.7 Å². The fraction of sp³-hybridized carbons (Fsp3) is 0.524. The number of anilines is 1. The number of likely N-dealkylation sites (tertiary alicyclic amines) is 1. The van der Waals surface area contributed by atoms with E-state index in [9.17, 15) is 9.90 Å². The number of aryl methyl sites for hydroxylation is 1. The summed E-state index contributed by atoms with van der Waals surface area (Å²) in [6.45, 7) is 7.04. The van der Waals surface area contributed by atoms with Gasteiger partial charge in [0.2, 0.25) is 0 Å². The Bertz CT molecular complexity index is 810. The van der Waals surface area contributed by atoms with Crippen LogP contribution in [0.15, 0.2) is 30.3 Å². The van der Waals surface area contributed by atoms with E-state index in [4.69, 9.17) is 0 Å². The first kappa shape index (κ1) is 19.0. The standard InChI is InChI=1S/C21H29N5O2/c1-15-11-18(23-22-15)12-17-13-26(14-20(17)27)21(28)16-3-5-19(6-4-16)25-9-7-24(2)8-10-25/h3-6,11,17,20,27H,7-10,12-14H2,1-2H3,(H,22,23)/t17-,20-/m1/s1. The Morgan fingerprint density at radius 1 is 1.18 bits per heavy atom. The summed E-state index contributed by atoms with van der Waals surface area (Å²) in [7, 11) is 2.14. The quantitative estimate of drug-likeness (QED) is 0.828. The van der Waals surface area contributed by atoms with Gasteiger partial charge in [-0.2, -0.15) is 5.10 Å². The molecule has 1 aromatic heterocycles. The first-order valence-electron chi connectivity index (χ1n) is 10.0. The number of hydrogen-bond acceptors (Lipinski definition) is 5. The number of nitrogens with one attached hydrogen (secondary N) is 1. The number of benzene rings is 1. The molecule has 2 saturated heterocycles. The second-order valence-corrected chi connectivity index (χ2v) is 8.12. The number of aliphatic hydroxyl groups is 1. The van der Waals surface area contributed by atoms with Crippen LogP contribution in [-0.2, 0) is 6.42 Å². The van der Waals surface area contributed by atoms with Crippen molar-refractivity contribution in [2.45, 2.75) is 19.4 Å². The van der Waals surface area contributed by atoms with E-state index in [1.165, 1.54) is 0 Å². The van der Waals surface area contributed by atoms with Crippen LogP contribution in [0.1, 0.15) is 21.7 Å². The molecule has 2 aliphatic rings. The molecule has 0 aliphatic carbocycles. The van der Waals surface area contributed by atoms with E-state index in [1.807, 2.05) is 37.3 Å². The molecule has 3 heterocycles. The Labute approximate surface area is 165 Å². The predicted octanol–water partition coefficient (Wildman–Crippen LogP) is 1.15. The van der Waals surface area contributed by atoms with E-state index in [0.717, 1.165) is 43.3 Å². The first-order chi connectivity index (χ1) is 13.5. The van der Waals surface area contributed by atoms with Crippen molar-refractivity contribution in [1.29, 1.82) is 0 Å². The number of aromatic nitrogens is 2. The third-order valence-corrected chi connectivity index (χ3v) is 5.91. The molecule has 7 nitrogen and oxygen atoms in total. The van der Waals surface area contributed by atoms with Crippen molar-refractivity contribution in [3.63, 3.8) is 0 Å². The zero-order valence-corrected chi connectivity index (χ0v) is 16.6. The summed E-state index contributed by atoms with van der Waals surface area (Å²) in [5.74, 6) is 0.0148. The zero-order chi connectivity index (χ0) is 19.7. The molecule has 2 aliphatic heterocycles. The first-order valence-corrected chi connectivity index (χ1v) is 10.0. The molecule has 0 radical (unpaired) electrons. The maximum atomic E-state index is 12.9. The van der Waals surface area contributed by atoms with Gasteiger partial charge in [0, 0.05) is 62.1 Å². The average molecular weight is 383 g/mol. The van der Waals surface area contributed by atoms with E-state index in [0.29, 0.717) is 25.1 Å². The van der Waals surface area contributed by atoms with Crippen molar-refractivity contribution in [2.75, 3.05) is 51.2 Å². The lowest BCUT2D eigenvalue weighted by Crippen LogP contribution is -2.44. The average Bonchev–Trinajstić information content (AvgIpc) is 3.28. The summed E-state index contributed by atoms with van der Waals surface area (Å²) >= 11 is 0. The number of carbonyl (C=O) groups excluding carboxylic acids is 1. The molecule has 0 bridgehead atoms. The van der Waals surface area contributed by atoms with E-state index in [2.05, 4.69) is 27.0 Å². The molecule has 0 spiro atoms. The van der Waals surface area contributed by atoms with Crippen molar-refractivity contribution in [3.05, 3.63) is 47.3 Å². The summed E-state index contributed by atoms with van der Waals surface area (Å²) in [5.41, 5.74) is 3.79. The van der Waals surface area contributed by atoms with Gasteiger partial charge >= 0.3 is 0 Å². The fourth-order valence-corrected chi connectivity index (χ4v) is 4.13. The van der Waals surface area contributed by atoms with Crippen LogP contribution in [0, 0.1) is 12.8 Å². The summed E-state index contributed by atoms with van der Waals surface area (Å²) in [6, 6.07) is 9.89. The minimum absolute atomic E-state index is 0.00955. The number of carbonyl (C=O) groups is 1. The Morgan fingerprint density at radius 2 is 1.89 bits per heavy atom. The van der Waals surface area contributed by atoms with Gasteiger partial charge in [-0.3, -0.25) is 9.89 Å². The lowest BCUT2D eigenvalue weighted by Gasteiger charge is -2.34. The second kappa shape index (κ2) is 7.93. The molecular weight excluding hydrogens is 354 g/mol. The number of H-pyrrole nitrogens is 1. The van der Waals surface area contributed by atoms with Crippen LogP contribution in [0.25, 0.3) is 0 Å². The number of rotatable bonds is 4. The number of hydrogen-bond donors (Lipinski definition) is 2. The number of nitrogens with zero attached hydrogens (tertiary/aromatic N) is 4. The second-order valence-electron chi connectivity index (χ2n) is 8.12. The largest absolute Gasteiger partial charge is 0.391 e. The van der Waals surface area contributed by atoms with Gasteiger partial charge in [-0.15, -0.1) is 0 Å². The van der Waals surface area contributed by atoms with Crippen LogP contribution in [0.4, 0.5) is 5.69 Å². The van der Waals surface area contributed by atoms with Crippen molar-refractivity contribution >= 4 is 11.6 Å². The molecule has 0 unspecified atom stereocenters. The highest BCUT2D eigenvalue weighted by atomic mass is 16.3. The predicted molar refractivity (Wildman–Crippen MR) is 109 cm³/mol. The number of likely N-dealkylation sites (N-methyl/N-ethyl adjacent to an activating group) is 1. The molecule has 1 aromatic carbocycles. The highest BCUT2D eigenvalue weighted by molar-refractivity contribution is 5.94. The zero-order valence-electron chi connectivity index (χ0n) is 16.6. The molecule has 2 aromatic rings. The molecule has 7 heteroatoms. The molecule has 150 valence electrons. The Kier molecular flexibility index (Phi) is 5.37. The van der Waals surface area contributed by atoms with Crippen molar-refractivity contribution < 1.29 is 9.90 Å². The monoisotopic (exact) mass is 383 g/mol. The molecule has 4 rings (SSSR count). The number of β-amino-alcohol motifs (C(OH)–C–C–N with tert-alkyl or cyclic N) is 1. The molecular formula is C21H29N5O2. The van der Waals surface area contributed by atoms with E-state index in [-0.39, 0.29) is 11.8 Å². The van der Waals surface area contributed by atoms with Crippen LogP contribution in [0.5, 0.6) is 0 Å². The van der Waals surface area contributed by atoms with E-state index in [1.54, 1.807) is 4.90 Å². The minimum Gasteiger partial charge on any atom is -0.391 e. The van der Waals surface area contributed by atoms with Crippen LogP contribution >= 0.6 is 0 Å². The van der Waals surface area contributed by atoms with Gasteiger partial charge in [-0.05, 0) is 50.7 Å². The molecule has 2 atom stereocenters. The summed E-state index contributed by atoms with van der Waals surface area (Å²) in [4.78, 5) is 19.3. The highest BCUT2D eigenvalue weighted by Gasteiger charge is 2.34. The SMILES string of the molecule is Cc1cc(C[C@@H]2CN(C(=O)c3ccc(N4CCN(C)CC4)cc3)C[C@H]2O)n[nH]1. The molecule has 2 N–H and O–H groups in total. The van der Waals surface area contributed by atoms with Crippen molar-refractivity contribution in [2.24, 2.45) is 5.92 Å². The van der Waals surface area contributed by atoms with Gasteiger partial charge in [0.05, 0.1) is 11.8 Å². The van der Waals surface area contributed by atoms with E-state index >= 15 is 0 Å². The van der Waals surface area contributed by atoms with E-state index < -0.39 is 6.10 Å². The van der Waals surface area contributed by atoms with Crippen molar-refractivity contribution in [3.8, 4) is 0 Å². The maximum absolute atomic E-state index is 12.9. The summed E-state index contributed by atoms with van der Waals surface area (Å²) < 4.78 is 0. The van der Waals surface area contributed by atoms with Crippen LogP contribution in [0.2, 0.25) is 0 Å². The van der Waals surface area contributed by atoms with Gasteiger partial charge in [-0.25, -0.2) is 0 Å².